The van der Waals surface area contributed by atoms with Gasteiger partial charge in [0.15, 0.2) is 5.15 Å². The Morgan fingerprint density at radius 2 is 2.17 bits per heavy atom. The molecule has 0 atom stereocenters. The van der Waals surface area contributed by atoms with E-state index in [1.54, 1.807) is 6.20 Å². The van der Waals surface area contributed by atoms with E-state index in [0.29, 0.717) is 23.9 Å². The van der Waals surface area contributed by atoms with Crippen molar-refractivity contribution in [3.8, 4) is 0 Å². The topological polar surface area (TPSA) is 58.0 Å². The van der Waals surface area contributed by atoms with Gasteiger partial charge in [-0.1, -0.05) is 11.6 Å². The number of aliphatic hydroxyl groups excluding tert-OH is 1. The highest BCUT2D eigenvalue weighted by atomic mass is 35.5. The number of halogens is 1. The minimum absolute atomic E-state index is 0.109. The van der Waals surface area contributed by atoms with Crippen LogP contribution in [-0.4, -0.2) is 28.2 Å². The van der Waals surface area contributed by atoms with E-state index in [2.05, 4.69) is 15.3 Å². The molecule has 0 saturated heterocycles. The molecule has 0 amide bonds. The van der Waals surface area contributed by atoms with Crippen LogP contribution < -0.4 is 5.32 Å². The molecule has 4 nitrogen and oxygen atoms in total. The molecule has 0 radical (unpaired) electrons. The lowest BCUT2D eigenvalue weighted by molar-refractivity contribution is 0.291. The zero-order valence-corrected chi connectivity index (χ0v) is 7.25. The number of rotatable bonds is 4. The van der Waals surface area contributed by atoms with E-state index < -0.39 is 0 Å². The Balaban J connectivity index is 2.46. The summed E-state index contributed by atoms with van der Waals surface area (Å²) in [4.78, 5) is 7.87. The van der Waals surface area contributed by atoms with Gasteiger partial charge >= 0.3 is 0 Å². The zero-order valence-electron chi connectivity index (χ0n) is 6.50. The number of nitrogens with one attached hydrogen (secondary N) is 1. The van der Waals surface area contributed by atoms with Gasteiger partial charge in [-0.3, -0.25) is 4.98 Å². The fraction of sp³-hybridized carbons (Fsp3) is 0.429. The molecule has 2 N–H and O–H groups in total. The van der Waals surface area contributed by atoms with Crippen molar-refractivity contribution >= 4 is 11.6 Å². The third-order valence-corrected chi connectivity index (χ3v) is 1.62. The number of aliphatic hydroxyl groups is 1. The fourth-order valence-electron chi connectivity index (χ4n) is 0.754. The second kappa shape index (κ2) is 5.03. The van der Waals surface area contributed by atoms with Crippen LogP contribution >= 0.6 is 11.6 Å². The first kappa shape index (κ1) is 9.38. The molecule has 0 fully saturated rings. The maximum Gasteiger partial charge on any atom is 0.151 e. The van der Waals surface area contributed by atoms with Gasteiger partial charge in [-0.15, -0.1) is 0 Å². The Hall–Kier alpha value is -0.710. The van der Waals surface area contributed by atoms with E-state index in [9.17, 15) is 0 Å². The molecular formula is C7H10ClN3O. The number of nitrogens with zero attached hydrogens (tertiary/aromatic N) is 2. The Morgan fingerprint density at radius 1 is 1.42 bits per heavy atom. The third-order valence-electron chi connectivity index (χ3n) is 1.30. The summed E-state index contributed by atoms with van der Waals surface area (Å²) < 4.78 is 0. The maximum atomic E-state index is 8.48. The van der Waals surface area contributed by atoms with Crippen LogP contribution in [0.4, 0.5) is 0 Å². The molecule has 0 aliphatic carbocycles. The summed E-state index contributed by atoms with van der Waals surface area (Å²) in [6.07, 6.45) is 3.12. The SMILES string of the molecule is OCCNCc1nccnc1Cl. The van der Waals surface area contributed by atoms with Gasteiger partial charge in [0.05, 0.1) is 12.3 Å². The predicted molar refractivity (Wildman–Crippen MR) is 45.8 cm³/mol. The van der Waals surface area contributed by atoms with Crippen LogP contribution in [-0.2, 0) is 6.54 Å². The number of aromatic nitrogens is 2. The van der Waals surface area contributed by atoms with Crippen LogP contribution in [0.15, 0.2) is 12.4 Å². The average molecular weight is 188 g/mol. The van der Waals surface area contributed by atoms with Crippen molar-refractivity contribution in [3.05, 3.63) is 23.2 Å². The van der Waals surface area contributed by atoms with Crippen molar-refractivity contribution in [1.82, 2.24) is 15.3 Å². The molecule has 0 saturated carbocycles. The third kappa shape index (κ3) is 2.73. The highest BCUT2D eigenvalue weighted by molar-refractivity contribution is 6.29. The van der Waals surface area contributed by atoms with Crippen LogP contribution in [0.5, 0.6) is 0 Å². The van der Waals surface area contributed by atoms with Crippen molar-refractivity contribution in [2.45, 2.75) is 6.54 Å². The summed E-state index contributed by atoms with van der Waals surface area (Å²) in [5.74, 6) is 0. The van der Waals surface area contributed by atoms with Gasteiger partial charge < -0.3 is 10.4 Å². The fourth-order valence-corrected chi connectivity index (χ4v) is 0.926. The second-order valence-corrected chi connectivity index (χ2v) is 2.55. The average Bonchev–Trinajstić information content (AvgIpc) is 2.09. The van der Waals surface area contributed by atoms with E-state index in [0.717, 1.165) is 0 Å². The first-order valence-corrected chi connectivity index (χ1v) is 3.99. The van der Waals surface area contributed by atoms with E-state index in [1.165, 1.54) is 6.20 Å². The standard InChI is InChI=1S/C7H10ClN3O/c8-7-6(5-9-3-4-12)10-1-2-11-7/h1-2,9,12H,3-5H2. The molecule has 66 valence electrons. The van der Waals surface area contributed by atoms with Gasteiger partial charge in [-0.2, -0.15) is 0 Å². The molecule has 5 heteroatoms. The minimum atomic E-state index is 0.109. The van der Waals surface area contributed by atoms with Crippen LogP contribution in [0.3, 0.4) is 0 Å². The Labute approximate surface area is 75.6 Å². The zero-order chi connectivity index (χ0) is 8.81. The highest BCUT2D eigenvalue weighted by Crippen LogP contribution is 2.06. The maximum absolute atomic E-state index is 8.48. The van der Waals surface area contributed by atoms with Crippen molar-refractivity contribution in [2.75, 3.05) is 13.2 Å². The quantitative estimate of drug-likeness (QED) is 0.662. The molecule has 0 aliphatic heterocycles. The molecule has 0 bridgehead atoms. The van der Waals surface area contributed by atoms with E-state index in [1.807, 2.05) is 0 Å². The first-order chi connectivity index (χ1) is 5.84. The smallest absolute Gasteiger partial charge is 0.151 e. The molecule has 1 heterocycles. The summed E-state index contributed by atoms with van der Waals surface area (Å²) in [7, 11) is 0. The first-order valence-electron chi connectivity index (χ1n) is 3.61. The summed E-state index contributed by atoms with van der Waals surface area (Å²) in [6.45, 7) is 1.18. The minimum Gasteiger partial charge on any atom is -0.395 e. The molecule has 0 aromatic carbocycles. The molecule has 12 heavy (non-hydrogen) atoms. The second-order valence-electron chi connectivity index (χ2n) is 2.19. The van der Waals surface area contributed by atoms with Crippen LogP contribution in [0.1, 0.15) is 5.69 Å². The monoisotopic (exact) mass is 187 g/mol. The molecule has 0 unspecified atom stereocenters. The van der Waals surface area contributed by atoms with Crippen molar-refractivity contribution in [2.24, 2.45) is 0 Å². The van der Waals surface area contributed by atoms with Crippen molar-refractivity contribution < 1.29 is 5.11 Å². The molecule has 1 rings (SSSR count). The van der Waals surface area contributed by atoms with Crippen LogP contribution in [0.2, 0.25) is 5.15 Å². The lowest BCUT2D eigenvalue weighted by Gasteiger charge is -2.02. The molecular weight excluding hydrogens is 178 g/mol. The van der Waals surface area contributed by atoms with Gasteiger partial charge in [0.2, 0.25) is 0 Å². The lowest BCUT2D eigenvalue weighted by Crippen LogP contribution is -2.18. The van der Waals surface area contributed by atoms with Gasteiger partial charge in [0, 0.05) is 25.5 Å². The summed E-state index contributed by atoms with van der Waals surface area (Å²) in [6, 6.07) is 0. The van der Waals surface area contributed by atoms with Gasteiger partial charge in [0.25, 0.3) is 0 Å². The predicted octanol–water partition coefficient (Wildman–Crippen LogP) is 0.212. The summed E-state index contributed by atoms with van der Waals surface area (Å²) >= 11 is 5.73. The Kier molecular flexibility index (Phi) is 3.93. The lowest BCUT2D eigenvalue weighted by atomic mass is 10.4. The molecule has 1 aromatic rings. The van der Waals surface area contributed by atoms with Crippen LogP contribution in [0.25, 0.3) is 0 Å². The van der Waals surface area contributed by atoms with Gasteiger partial charge in [0.1, 0.15) is 0 Å². The largest absolute Gasteiger partial charge is 0.395 e. The van der Waals surface area contributed by atoms with E-state index >= 15 is 0 Å². The molecule has 0 spiro atoms. The number of hydrogen-bond acceptors (Lipinski definition) is 4. The van der Waals surface area contributed by atoms with Gasteiger partial charge in [-0.05, 0) is 0 Å². The normalized spacial score (nSPS) is 10.2. The summed E-state index contributed by atoms with van der Waals surface area (Å²) in [5.41, 5.74) is 0.701. The number of hydrogen-bond donors (Lipinski definition) is 2. The highest BCUT2D eigenvalue weighted by Gasteiger charge is 1.99. The molecule has 0 aliphatic rings. The van der Waals surface area contributed by atoms with E-state index in [-0.39, 0.29) is 6.61 Å². The van der Waals surface area contributed by atoms with Crippen molar-refractivity contribution in [3.63, 3.8) is 0 Å². The Bertz CT molecular complexity index is 244. The molecule has 1 aromatic heterocycles. The van der Waals surface area contributed by atoms with E-state index in [4.69, 9.17) is 16.7 Å². The van der Waals surface area contributed by atoms with Crippen LogP contribution in [0, 0.1) is 0 Å². The summed E-state index contributed by atoms with van der Waals surface area (Å²) in [5, 5.41) is 11.8. The van der Waals surface area contributed by atoms with Gasteiger partial charge in [-0.25, -0.2) is 4.98 Å². The Morgan fingerprint density at radius 3 is 2.83 bits per heavy atom. The van der Waals surface area contributed by atoms with Crippen molar-refractivity contribution in [1.29, 1.82) is 0 Å².